The van der Waals surface area contributed by atoms with Crippen molar-refractivity contribution in [1.82, 2.24) is 5.48 Å². The summed E-state index contributed by atoms with van der Waals surface area (Å²) in [6, 6.07) is 2.18. The van der Waals surface area contributed by atoms with Crippen molar-refractivity contribution in [3.05, 3.63) is 34.9 Å². The molecule has 6 heteroatoms. The molecule has 1 aromatic rings. The van der Waals surface area contributed by atoms with Gasteiger partial charge >= 0.3 is 5.97 Å². The Labute approximate surface area is 91.1 Å². The first-order valence-electron chi connectivity index (χ1n) is 4.42. The smallest absolute Gasteiger partial charge is 0.340 e. The van der Waals surface area contributed by atoms with Crippen molar-refractivity contribution < 1.29 is 23.1 Å². The van der Waals surface area contributed by atoms with Crippen molar-refractivity contribution in [3.63, 3.8) is 0 Å². The highest BCUT2D eigenvalue weighted by Crippen LogP contribution is 2.16. The fourth-order valence-corrected chi connectivity index (χ4v) is 1.16. The van der Waals surface area contributed by atoms with Gasteiger partial charge in [-0.2, -0.15) is 5.48 Å². The number of esters is 1. The number of hydrogen-bond donors (Lipinski definition) is 1. The van der Waals surface area contributed by atoms with E-state index in [1.807, 2.05) is 0 Å². The van der Waals surface area contributed by atoms with E-state index in [1.165, 1.54) is 13.2 Å². The van der Waals surface area contributed by atoms with Gasteiger partial charge in [-0.25, -0.2) is 13.6 Å². The zero-order valence-electron chi connectivity index (χ0n) is 8.84. The summed E-state index contributed by atoms with van der Waals surface area (Å²) in [5.74, 6) is -3.24. The summed E-state index contributed by atoms with van der Waals surface area (Å²) in [7, 11) is 2.49. The molecular weight excluding hydrogens is 220 g/mol. The molecule has 0 amide bonds. The topological polar surface area (TPSA) is 47.6 Å². The summed E-state index contributed by atoms with van der Waals surface area (Å²) in [5, 5.41) is 0. The maximum Gasteiger partial charge on any atom is 0.340 e. The van der Waals surface area contributed by atoms with Gasteiger partial charge in [-0.15, -0.1) is 0 Å². The largest absolute Gasteiger partial charge is 0.465 e. The number of hydrogen-bond acceptors (Lipinski definition) is 4. The molecule has 0 saturated carbocycles. The second kappa shape index (κ2) is 5.53. The van der Waals surface area contributed by atoms with Crippen LogP contribution in [-0.4, -0.2) is 20.2 Å². The second-order valence-corrected chi connectivity index (χ2v) is 2.96. The van der Waals surface area contributed by atoms with Crippen molar-refractivity contribution in [2.24, 2.45) is 0 Å². The molecule has 0 aliphatic rings. The molecule has 0 radical (unpaired) electrons. The molecule has 88 valence electrons. The number of hydroxylamine groups is 1. The molecule has 0 aliphatic heterocycles. The highest BCUT2D eigenvalue weighted by atomic mass is 19.2. The molecule has 0 aliphatic carbocycles. The van der Waals surface area contributed by atoms with E-state index in [0.717, 1.165) is 13.2 Å². The second-order valence-electron chi connectivity index (χ2n) is 2.96. The summed E-state index contributed by atoms with van der Waals surface area (Å²) >= 11 is 0. The average molecular weight is 231 g/mol. The molecule has 0 aromatic heterocycles. The van der Waals surface area contributed by atoms with Crippen LogP contribution in [0.2, 0.25) is 0 Å². The first-order valence-corrected chi connectivity index (χ1v) is 4.42. The van der Waals surface area contributed by atoms with Crippen LogP contribution in [0, 0.1) is 11.6 Å². The third-order valence-corrected chi connectivity index (χ3v) is 1.91. The number of nitrogens with one attached hydrogen (secondary N) is 1. The molecule has 1 rings (SSSR count). The Balaban J connectivity index is 3.06. The van der Waals surface area contributed by atoms with Crippen molar-refractivity contribution >= 4 is 5.97 Å². The number of methoxy groups -OCH3 is 1. The molecule has 0 bridgehead atoms. The van der Waals surface area contributed by atoms with E-state index in [4.69, 9.17) is 0 Å². The SMILES string of the molecule is CONCc1cc(F)c(F)c(C(=O)OC)c1. The van der Waals surface area contributed by atoms with E-state index in [1.54, 1.807) is 0 Å². The maximum atomic E-state index is 13.2. The lowest BCUT2D eigenvalue weighted by molar-refractivity contribution is 0.0593. The third-order valence-electron chi connectivity index (χ3n) is 1.91. The van der Waals surface area contributed by atoms with E-state index in [2.05, 4.69) is 15.1 Å². The highest BCUT2D eigenvalue weighted by molar-refractivity contribution is 5.89. The minimum atomic E-state index is -1.21. The molecule has 0 heterocycles. The number of halogens is 2. The molecule has 16 heavy (non-hydrogen) atoms. The van der Waals surface area contributed by atoms with Gasteiger partial charge in [-0.05, 0) is 17.7 Å². The van der Waals surface area contributed by atoms with Crippen LogP contribution in [0.25, 0.3) is 0 Å². The summed E-state index contributed by atoms with van der Waals surface area (Å²) in [6.07, 6.45) is 0. The van der Waals surface area contributed by atoms with Crippen LogP contribution in [-0.2, 0) is 16.1 Å². The Morgan fingerprint density at radius 2 is 2.06 bits per heavy atom. The quantitative estimate of drug-likeness (QED) is 0.628. The first-order chi connectivity index (χ1) is 7.60. The van der Waals surface area contributed by atoms with Gasteiger partial charge in [0.25, 0.3) is 0 Å². The van der Waals surface area contributed by atoms with Crippen LogP contribution in [0.5, 0.6) is 0 Å². The Hall–Kier alpha value is -1.53. The van der Waals surface area contributed by atoms with Crippen LogP contribution < -0.4 is 5.48 Å². The Morgan fingerprint density at radius 1 is 1.38 bits per heavy atom. The monoisotopic (exact) mass is 231 g/mol. The molecule has 0 unspecified atom stereocenters. The average Bonchev–Trinajstić information content (AvgIpc) is 2.29. The van der Waals surface area contributed by atoms with Gasteiger partial charge in [0.1, 0.15) is 0 Å². The number of benzene rings is 1. The van der Waals surface area contributed by atoms with Gasteiger partial charge in [0.05, 0.1) is 19.8 Å². The first kappa shape index (κ1) is 12.5. The normalized spacial score (nSPS) is 10.2. The van der Waals surface area contributed by atoms with Gasteiger partial charge in [-0.3, -0.25) is 0 Å². The molecule has 0 atom stereocenters. The van der Waals surface area contributed by atoms with E-state index < -0.39 is 23.2 Å². The summed E-state index contributed by atoms with van der Waals surface area (Å²) in [6.45, 7) is 0.150. The zero-order chi connectivity index (χ0) is 12.1. The van der Waals surface area contributed by atoms with Crippen molar-refractivity contribution in [2.45, 2.75) is 6.54 Å². The lowest BCUT2D eigenvalue weighted by Gasteiger charge is -2.06. The Morgan fingerprint density at radius 3 is 2.62 bits per heavy atom. The van der Waals surface area contributed by atoms with Gasteiger partial charge in [0, 0.05) is 6.54 Å². The van der Waals surface area contributed by atoms with Crippen LogP contribution in [0.1, 0.15) is 15.9 Å². The van der Waals surface area contributed by atoms with E-state index in [-0.39, 0.29) is 6.54 Å². The summed E-state index contributed by atoms with van der Waals surface area (Å²) in [4.78, 5) is 15.7. The molecule has 4 nitrogen and oxygen atoms in total. The molecule has 1 N–H and O–H groups in total. The van der Waals surface area contributed by atoms with E-state index in [0.29, 0.717) is 5.56 Å². The summed E-state index contributed by atoms with van der Waals surface area (Å²) < 4.78 is 30.7. The minimum Gasteiger partial charge on any atom is -0.465 e. The zero-order valence-corrected chi connectivity index (χ0v) is 8.84. The van der Waals surface area contributed by atoms with E-state index in [9.17, 15) is 13.6 Å². The molecule has 0 spiro atoms. The Kier molecular flexibility index (Phi) is 4.33. The molecule has 0 saturated heterocycles. The van der Waals surface area contributed by atoms with Crippen molar-refractivity contribution in [3.8, 4) is 0 Å². The lowest BCUT2D eigenvalue weighted by Crippen LogP contribution is -2.13. The number of rotatable bonds is 4. The van der Waals surface area contributed by atoms with E-state index >= 15 is 0 Å². The van der Waals surface area contributed by atoms with Crippen LogP contribution in [0.3, 0.4) is 0 Å². The number of carbonyl (C=O) groups excluding carboxylic acids is 1. The van der Waals surface area contributed by atoms with Crippen LogP contribution in [0.15, 0.2) is 12.1 Å². The molecule has 0 fully saturated rings. The fraction of sp³-hybridized carbons (Fsp3) is 0.300. The fourth-order valence-electron chi connectivity index (χ4n) is 1.16. The maximum absolute atomic E-state index is 13.2. The van der Waals surface area contributed by atoms with Crippen molar-refractivity contribution in [2.75, 3.05) is 14.2 Å². The Bertz CT molecular complexity index is 396. The highest BCUT2D eigenvalue weighted by Gasteiger charge is 2.17. The van der Waals surface area contributed by atoms with Crippen LogP contribution >= 0.6 is 0 Å². The van der Waals surface area contributed by atoms with Gasteiger partial charge in [-0.1, -0.05) is 0 Å². The molecule has 1 aromatic carbocycles. The van der Waals surface area contributed by atoms with Crippen LogP contribution in [0.4, 0.5) is 8.78 Å². The van der Waals surface area contributed by atoms with Crippen molar-refractivity contribution in [1.29, 1.82) is 0 Å². The number of ether oxygens (including phenoxy) is 1. The lowest BCUT2D eigenvalue weighted by atomic mass is 10.1. The number of carbonyl (C=O) groups is 1. The minimum absolute atomic E-state index is 0.150. The van der Waals surface area contributed by atoms with Gasteiger partial charge in [0.2, 0.25) is 0 Å². The third kappa shape index (κ3) is 2.74. The summed E-state index contributed by atoms with van der Waals surface area (Å²) in [5.41, 5.74) is 2.40. The van der Waals surface area contributed by atoms with Gasteiger partial charge in [0.15, 0.2) is 11.6 Å². The molecular formula is C10H11F2NO3. The predicted octanol–water partition coefficient (Wildman–Crippen LogP) is 1.40. The van der Waals surface area contributed by atoms with Gasteiger partial charge < -0.3 is 9.57 Å². The standard InChI is InChI=1S/C10H11F2NO3/c1-15-10(14)7-3-6(5-13-16-2)4-8(11)9(7)12/h3-4,13H,5H2,1-2H3. The predicted molar refractivity (Wildman–Crippen MR) is 51.5 cm³/mol.